The van der Waals surface area contributed by atoms with Gasteiger partial charge in [0, 0.05) is 11.6 Å². The molecule has 1 heterocycles. The van der Waals surface area contributed by atoms with Crippen LogP contribution in [0.4, 0.5) is 5.82 Å². The summed E-state index contributed by atoms with van der Waals surface area (Å²) in [6, 6.07) is 7.32. The second-order valence-corrected chi connectivity index (χ2v) is 4.77. The summed E-state index contributed by atoms with van der Waals surface area (Å²) in [5, 5.41) is 3.67. The van der Waals surface area contributed by atoms with Crippen LogP contribution >= 0.6 is 15.9 Å². The van der Waals surface area contributed by atoms with Crippen LogP contribution in [-0.2, 0) is 0 Å². The van der Waals surface area contributed by atoms with Crippen molar-refractivity contribution in [2.75, 3.05) is 12.3 Å². The molecule has 94 valence electrons. The number of hydrogen-bond donors (Lipinski definition) is 1. The number of nitrogen functional groups attached to an aromatic ring is 1. The minimum atomic E-state index is 0.352. The molecule has 2 N–H and O–H groups in total. The summed E-state index contributed by atoms with van der Waals surface area (Å²) >= 11 is 3.49. The van der Waals surface area contributed by atoms with Gasteiger partial charge >= 0.3 is 0 Å². The molecule has 5 heteroatoms. The molecule has 1 aromatic heterocycles. The number of rotatable bonds is 4. The van der Waals surface area contributed by atoms with Crippen molar-refractivity contribution >= 4 is 21.7 Å². The predicted octanol–water partition coefficient (Wildman–Crippen LogP) is 3.64. The molecule has 1 aromatic carbocycles. The fourth-order valence-electron chi connectivity index (χ4n) is 1.43. The van der Waals surface area contributed by atoms with E-state index in [0.717, 1.165) is 21.4 Å². The molecule has 0 aliphatic rings. The predicted molar refractivity (Wildman–Crippen MR) is 74.4 cm³/mol. The van der Waals surface area contributed by atoms with Crippen molar-refractivity contribution in [3.8, 4) is 17.1 Å². The van der Waals surface area contributed by atoms with Crippen molar-refractivity contribution in [3.05, 3.63) is 40.9 Å². The number of nitrogens with two attached hydrogens (primary N) is 1. The van der Waals surface area contributed by atoms with Gasteiger partial charge in [-0.25, -0.2) is 0 Å². The molecule has 2 aromatic rings. The van der Waals surface area contributed by atoms with Crippen molar-refractivity contribution in [1.29, 1.82) is 0 Å². The summed E-state index contributed by atoms with van der Waals surface area (Å²) in [6.07, 6.45) is 0. The van der Waals surface area contributed by atoms with Crippen molar-refractivity contribution in [2.45, 2.75) is 6.92 Å². The molecule has 0 aliphatic carbocycles. The lowest BCUT2D eigenvalue weighted by Gasteiger charge is -2.09. The molecule has 18 heavy (non-hydrogen) atoms. The van der Waals surface area contributed by atoms with Crippen molar-refractivity contribution in [3.63, 3.8) is 0 Å². The first-order valence-electron chi connectivity index (χ1n) is 5.36. The van der Waals surface area contributed by atoms with E-state index in [1.165, 1.54) is 0 Å². The summed E-state index contributed by atoms with van der Waals surface area (Å²) in [5.74, 6) is 1.68. The zero-order chi connectivity index (χ0) is 13.1. The van der Waals surface area contributed by atoms with Crippen LogP contribution in [0.15, 0.2) is 45.4 Å². The van der Waals surface area contributed by atoms with E-state index in [4.69, 9.17) is 15.0 Å². The maximum Gasteiger partial charge on any atom is 0.170 e. The number of anilines is 1. The van der Waals surface area contributed by atoms with E-state index in [1.54, 1.807) is 6.07 Å². The van der Waals surface area contributed by atoms with Crippen LogP contribution in [0.3, 0.4) is 0 Å². The van der Waals surface area contributed by atoms with Crippen LogP contribution in [0.5, 0.6) is 5.75 Å². The monoisotopic (exact) mass is 308 g/mol. The van der Waals surface area contributed by atoms with Crippen LogP contribution in [0.1, 0.15) is 6.92 Å². The highest BCUT2D eigenvalue weighted by Gasteiger charge is 2.12. The third-order valence-electron chi connectivity index (χ3n) is 2.23. The number of ether oxygens (including phenoxy) is 1. The minimum absolute atomic E-state index is 0.352. The van der Waals surface area contributed by atoms with E-state index < -0.39 is 0 Å². The molecule has 0 atom stereocenters. The van der Waals surface area contributed by atoms with Gasteiger partial charge in [-0.1, -0.05) is 17.8 Å². The summed E-state index contributed by atoms with van der Waals surface area (Å²) in [7, 11) is 0. The molecule has 0 bridgehead atoms. The van der Waals surface area contributed by atoms with Crippen LogP contribution < -0.4 is 10.5 Å². The van der Waals surface area contributed by atoms with Gasteiger partial charge in [0.2, 0.25) is 0 Å². The number of nitrogens with zero attached hydrogens (tertiary/aromatic N) is 1. The highest BCUT2D eigenvalue weighted by molar-refractivity contribution is 9.10. The number of benzene rings is 1. The standard InChI is InChI=1S/C13H13BrN2O2/c1-8(2)7-17-10-5-3-4-9(13(10)14)11-6-12(15)16-18-11/h3-6H,1,7H2,2H3,(H2,15,16). The van der Waals surface area contributed by atoms with Crippen LogP contribution in [-0.4, -0.2) is 11.8 Å². The lowest BCUT2D eigenvalue weighted by atomic mass is 10.1. The molecule has 0 unspecified atom stereocenters. The Bertz CT molecular complexity index is 578. The van der Waals surface area contributed by atoms with Crippen LogP contribution in [0.2, 0.25) is 0 Å². The average Bonchev–Trinajstić information content (AvgIpc) is 2.74. The van der Waals surface area contributed by atoms with E-state index in [-0.39, 0.29) is 0 Å². The quantitative estimate of drug-likeness (QED) is 0.876. The average molecular weight is 309 g/mol. The van der Waals surface area contributed by atoms with Crippen molar-refractivity contribution < 1.29 is 9.26 Å². The van der Waals surface area contributed by atoms with Gasteiger partial charge in [0.15, 0.2) is 11.6 Å². The molecule has 0 saturated heterocycles. The molecule has 0 radical (unpaired) electrons. The van der Waals surface area contributed by atoms with Gasteiger partial charge in [-0.15, -0.1) is 0 Å². The molecule has 0 spiro atoms. The van der Waals surface area contributed by atoms with E-state index >= 15 is 0 Å². The molecule has 4 nitrogen and oxygen atoms in total. The topological polar surface area (TPSA) is 61.3 Å². The van der Waals surface area contributed by atoms with Crippen LogP contribution in [0, 0.1) is 0 Å². The summed E-state index contributed by atoms with van der Waals surface area (Å²) in [5.41, 5.74) is 7.34. The highest BCUT2D eigenvalue weighted by atomic mass is 79.9. The minimum Gasteiger partial charge on any atom is -0.488 e. The first-order valence-corrected chi connectivity index (χ1v) is 6.15. The van der Waals surface area contributed by atoms with Crippen molar-refractivity contribution in [2.24, 2.45) is 0 Å². The van der Waals surface area contributed by atoms with E-state index in [9.17, 15) is 0 Å². The highest BCUT2D eigenvalue weighted by Crippen LogP contribution is 2.36. The second kappa shape index (κ2) is 5.27. The Morgan fingerprint density at radius 2 is 2.33 bits per heavy atom. The van der Waals surface area contributed by atoms with Gasteiger partial charge in [0.05, 0.1) is 4.47 Å². The zero-order valence-electron chi connectivity index (χ0n) is 9.94. The van der Waals surface area contributed by atoms with Gasteiger partial charge in [0.25, 0.3) is 0 Å². The molecule has 0 aliphatic heterocycles. The third kappa shape index (κ3) is 2.73. The summed E-state index contributed by atoms with van der Waals surface area (Å²) in [4.78, 5) is 0. The lowest BCUT2D eigenvalue weighted by molar-refractivity contribution is 0.350. The Labute approximate surface area is 114 Å². The number of halogens is 1. The first-order chi connectivity index (χ1) is 8.58. The Hall–Kier alpha value is -1.75. The summed E-state index contributed by atoms with van der Waals surface area (Å²) < 4.78 is 11.6. The molecule has 0 fully saturated rings. The maximum absolute atomic E-state index is 5.63. The molecule has 0 saturated carbocycles. The normalized spacial score (nSPS) is 10.3. The second-order valence-electron chi connectivity index (χ2n) is 3.98. The molecule has 2 rings (SSSR count). The zero-order valence-corrected chi connectivity index (χ0v) is 11.5. The number of hydrogen-bond acceptors (Lipinski definition) is 4. The number of aromatic nitrogens is 1. The molecular formula is C13H13BrN2O2. The smallest absolute Gasteiger partial charge is 0.170 e. The van der Waals surface area contributed by atoms with Gasteiger partial charge in [-0.05, 0) is 40.6 Å². The fourth-order valence-corrected chi connectivity index (χ4v) is 2.00. The first kappa shape index (κ1) is 12.7. The van der Waals surface area contributed by atoms with Crippen molar-refractivity contribution in [1.82, 2.24) is 5.16 Å². The van der Waals surface area contributed by atoms with Gasteiger partial charge in [-0.2, -0.15) is 0 Å². The van der Waals surface area contributed by atoms with Gasteiger partial charge < -0.3 is 15.0 Å². The Balaban J connectivity index is 2.32. The maximum atomic E-state index is 5.63. The van der Waals surface area contributed by atoms with Gasteiger partial charge in [-0.3, -0.25) is 0 Å². The van der Waals surface area contributed by atoms with E-state index in [1.807, 2.05) is 25.1 Å². The van der Waals surface area contributed by atoms with Gasteiger partial charge in [0.1, 0.15) is 12.4 Å². The lowest BCUT2D eigenvalue weighted by Crippen LogP contribution is -1.98. The summed E-state index contributed by atoms with van der Waals surface area (Å²) in [6.45, 7) is 6.18. The third-order valence-corrected chi connectivity index (χ3v) is 3.05. The van der Waals surface area contributed by atoms with Crippen LogP contribution in [0.25, 0.3) is 11.3 Å². The van der Waals surface area contributed by atoms with E-state index in [2.05, 4.69) is 27.7 Å². The molecular weight excluding hydrogens is 296 g/mol. The Morgan fingerprint density at radius 1 is 1.56 bits per heavy atom. The Kier molecular flexibility index (Phi) is 3.72. The fraction of sp³-hybridized carbons (Fsp3) is 0.154. The SMILES string of the molecule is C=C(C)COc1cccc(-c2cc(N)no2)c1Br. The molecule has 0 amide bonds. The Morgan fingerprint density at radius 3 is 2.94 bits per heavy atom. The van der Waals surface area contributed by atoms with E-state index in [0.29, 0.717) is 18.2 Å². The largest absolute Gasteiger partial charge is 0.488 e.